The van der Waals surface area contributed by atoms with Gasteiger partial charge in [0.05, 0.1) is 43.6 Å². The first-order valence-electron chi connectivity index (χ1n) is 10.1. The molecule has 1 amide bonds. The van der Waals surface area contributed by atoms with E-state index in [1.54, 1.807) is 6.07 Å². The van der Waals surface area contributed by atoms with Crippen molar-refractivity contribution >= 4 is 25.2 Å². The molecule has 6 nitrogen and oxygen atoms in total. The Morgan fingerprint density at radius 2 is 2.21 bits per heavy atom. The molecule has 2 atom stereocenters. The van der Waals surface area contributed by atoms with Crippen molar-refractivity contribution in [1.29, 1.82) is 5.26 Å². The van der Waals surface area contributed by atoms with E-state index < -0.39 is 8.07 Å². The molecule has 1 aromatic heterocycles. The molecule has 2 heterocycles. The predicted octanol–water partition coefficient (Wildman–Crippen LogP) is 4.17. The van der Waals surface area contributed by atoms with E-state index in [2.05, 4.69) is 35.3 Å². The standard InChI is InChI=1S/C21H28N4O2Si/c1-28(2,3)15-25-13-21(27-20(25)26)8-4-5-17(10-21)12-24-14-23-18-7-6-16(11-22)9-19(18)24/h6-7,9,14,17H,4-5,8,10,12-13,15H2,1-3H3/t17-,21-/m0/s1. The van der Waals surface area contributed by atoms with Crippen LogP contribution in [-0.2, 0) is 11.3 Å². The van der Waals surface area contributed by atoms with Crippen molar-refractivity contribution in [1.82, 2.24) is 14.5 Å². The number of fused-ring (bicyclic) bond motifs is 1. The van der Waals surface area contributed by atoms with Crippen LogP contribution in [0.5, 0.6) is 0 Å². The zero-order valence-corrected chi connectivity index (χ0v) is 17.9. The summed E-state index contributed by atoms with van der Waals surface area (Å²) in [6.45, 7) is 8.44. The van der Waals surface area contributed by atoms with Crippen LogP contribution in [0.1, 0.15) is 31.2 Å². The Morgan fingerprint density at radius 3 is 2.96 bits per heavy atom. The third kappa shape index (κ3) is 3.79. The van der Waals surface area contributed by atoms with Crippen molar-refractivity contribution in [2.45, 2.75) is 57.5 Å². The third-order valence-electron chi connectivity index (χ3n) is 5.82. The fourth-order valence-corrected chi connectivity index (χ4v) is 6.16. The molecule has 0 unspecified atom stereocenters. The zero-order chi connectivity index (χ0) is 19.9. The van der Waals surface area contributed by atoms with Gasteiger partial charge in [0.25, 0.3) is 0 Å². The SMILES string of the molecule is C[Si](C)(C)CN1C[C@@]2(CCC[C@H](Cn3cnc4ccc(C#N)cc43)C2)OC1=O. The third-order valence-corrected chi connectivity index (χ3v) is 7.15. The molecule has 148 valence electrons. The number of hydrogen-bond donors (Lipinski definition) is 0. The fraction of sp³-hybridized carbons (Fsp3) is 0.571. The van der Waals surface area contributed by atoms with Gasteiger partial charge in [-0.1, -0.05) is 19.6 Å². The van der Waals surface area contributed by atoms with Crippen molar-refractivity contribution in [3.05, 3.63) is 30.1 Å². The number of amides is 1. The smallest absolute Gasteiger partial charge is 0.410 e. The number of rotatable bonds is 4. The van der Waals surface area contributed by atoms with E-state index in [4.69, 9.17) is 4.74 Å². The van der Waals surface area contributed by atoms with Gasteiger partial charge in [0.2, 0.25) is 0 Å². The maximum atomic E-state index is 12.5. The number of nitrogens with zero attached hydrogens (tertiary/aromatic N) is 4. The highest BCUT2D eigenvalue weighted by Gasteiger charge is 2.48. The highest BCUT2D eigenvalue weighted by atomic mass is 28.3. The van der Waals surface area contributed by atoms with Crippen LogP contribution < -0.4 is 0 Å². The Hall–Kier alpha value is -2.33. The molecule has 0 radical (unpaired) electrons. The molecule has 1 spiro atoms. The number of nitriles is 1. The van der Waals surface area contributed by atoms with Crippen LogP contribution in [0.15, 0.2) is 24.5 Å². The molecule has 1 saturated heterocycles. The molecule has 1 aromatic carbocycles. The van der Waals surface area contributed by atoms with E-state index in [-0.39, 0.29) is 11.7 Å². The molecule has 1 saturated carbocycles. The van der Waals surface area contributed by atoms with Gasteiger partial charge in [-0.2, -0.15) is 5.26 Å². The Labute approximate surface area is 167 Å². The lowest BCUT2D eigenvalue weighted by Gasteiger charge is -2.36. The Morgan fingerprint density at radius 1 is 1.39 bits per heavy atom. The number of imidazole rings is 1. The first kappa shape index (κ1) is 19.0. The summed E-state index contributed by atoms with van der Waals surface area (Å²) < 4.78 is 8.11. The molecule has 1 aliphatic carbocycles. The average Bonchev–Trinajstić information content (AvgIpc) is 3.14. The van der Waals surface area contributed by atoms with Gasteiger partial charge in [-0.15, -0.1) is 0 Å². The zero-order valence-electron chi connectivity index (χ0n) is 16.9. The van der Waals surface area contributed by atoms with Crippen LogP contribution in [-0.4, -0.2) is 46.9 Å². The lowest BCUT2D eigenvalue weighted by molar-refractivity contribution is 0.00419. The van der Waals surface area contributed by atoms with Crippen molar-refractivity contribution in [2.24, 2.45) is 5.92 Å². The van der Waals surface area contributed by atoms with Gasteiger partial charge in [-0.3, -0.25) is 0 Å². The van der Waals surface area contributed by atoms with Crippen molar-refractivity contribution < 1.29 is 9.53 Å². The van der Waals surface area contributed by atoms with Gasteiger partial charge in [0.1, 0.15) is 5.60 Å². The van der Waals surface area contributed by atoms with Crippen LogP contribution in [0.3, 0.4) is 0 Å². The summed E-state index contributed by atoms with van der Waals surface area (Å²) in [5, 5.41) is 9.19. The Bertz CT molecular complexity index is 942. The lowest BCUT2D eigenvalue weighted by Crippen LogP contribution is -2.44. The summed E-state index contributed by atoms with van der Waals surface area (Å²) in [5.41, 5.74) is 2.25. The average molecular weight is 397 g/mol. The van der Waals surface area contributed by atoms with Crippen molar-refractivity contribution in [3.8, 4) is 6.07 Å². The number of hydrogen-bond acceptors (Lipinski definition) is 4. The molecule has 2 aromatic rings. The molecule has 1 aliphatic heterocycles. The normalized spacial score (nSPS) is 25.3. The molecule has 0 N–H and O–H groups in total. The summed E-state index contributed by atoms with van der Waals surface area (Å²) in [7, 11) is -1.37. The number of benzene rings is 1. The largest absolute Gasteiger partial charge is 0.441 e. The Balaban J connectivity index is 1.49. The van der Waals surface area contributed by atoms with Crippen LogP contribution in [0.2, 0.25) is 19.6 Å². The molecule has 7 heteroatoms. The van der Waals surface area contributed by atoms with Crippen LogP contribution in [0.25, 0.3) is 11.0 Å². The number of ether oxygens (including phenoxy) is 1. The second-order valence-electron chi connectivity index (χ2n) is 9.64. The van der Waals surface area contributed by atoms with E-state index >= 15 is 0 Å². The van der Waals surface area contributed by atoms with Gasteiger partial charge >= 0.3 is 6.09 Å². The topological polar surface area (TPSA) is 71.2 Å². The van der Waals surface area contributed by atoms with E-state index in [1.165, 1.54) is 0 Å². The molecule has 2 fully saturated rings. The molecular formula is C21H28N4O2Si. The second-order valence-corrected chi connectivity index (χ2v) is 15.1. The maximum absolute atomic E-state index is 12.5. The Kier molecular flexibility index (Phi) is 4.70. The van der Waals surface area contributed by atoms with E-state index in [1.807, 2.05) is 23.4 Å². The van der Waals surface area contributed by atoms with Crippen LogP contribution >= 0.6 is 0 Å². The quantitative estimate of drug-likeness (QED) is 0.727. The highest BCUT2D eigenvalue weighted by Crippen LogP contribution is 2.41. The predicted molar refractivity (Wildman–Crippen MR) is 111 cm³/mol. The van der Waals surface area contributed by atoms with Crippen LogP contribution in [0, 0.1) is 17.2 Å². The number of aromatic nitrogens is 2. The fourth-order valence-electron chi connectivity index (χ4n) is 4.77. The monoisotopic (exact) mass is 396 g/mol. The second kappa shape index (κ2) is 6.93. The summed E-state index contributed by atoms with van der Waals surface area (Å²) in [6.07, 6.45) is 6.67. The minimum atomic E-state index is -1.37. The van der Waals surface area contributed by atoms with Gasteiger partial charge in [0, 0.05) is 12.7 Å². The first-order chi connectivity index (χ1) is 13.3. The van der Waals surface area contributed by atoms with Crippen molar-refractivity contribution in [2.75, 3.05) is 12.7 Å². The van der Waals surface area contributed by atoms with E-state index in [9.17, 15) is 10.1 Å². The first-order valence-corrected chi connectivity index (χ1v) is 13.8. The molecule has 4 rings (SSSR count). The summed E-state index contributed by atoms with van der Waals surface area (Å²) in [6, 6.07) is 7.82. The number of carbonyl (C=O) groups is 1. The molecule has 2 aliphatic rings. The van der Waals surface area contributed by atoms with Gasteiger partial charge in [0.15, 0.2) is 0 Å². The van der Waals surface area contributed by atoms with Crippen molar-refractivity contribution in [3.63, 3.8) is 0 Å². The molecule has 28 heavy (non-hydrogen) atoms. The van der Waals surface area contributed by atoms with Crippen LogP contribution in [0.4, 0.5) is 4.79 Å². The lowest BCUT2D eigenvalue weighted by atomic mass is 9.78. The van der Waals surface area contributed by atoms with E-state index in [0.29, 0.717) is 11.5 Å². The molecular weight excluding hydrogens is 368 g/mol. The number of carbonyl (C=O) groups excluding carboxylic acids is 1. The summed E-state index contributed by atoms with van der Waals surface area (Å²) in [5.74, 6) is 0.441. The van der Waals surface area contributed by atoms with Gasteiger partial charge < -0.3 is 14.2 Å². The van der Waals surface area contributed by atoms with Gasteiger partial charge in [-0.05, 0) is 49.8 Å². The van der Waals surface area contributed by atoms with E-state index in [0.717, 1.165) is 56.0 Å². The molecule has 0 bridgehead atoms. The summed E-state index contributed by atoms with van der Waals surface area (Å²) >= 11 is 0. The minimum absolute atomic E-state index is 0.130. The minimum Gasteiger partial charge on any atom is -0.441 e. The maximum Gasteiger partial charge on any atom is 0.410 e. The highest BCUT2D eigenvalue weighted by molar-refractivity contribution is 6.76. The summed E-state index contributed by atoms with van der Waals surface area (Å²) in [4.78, 5) is 18.9. The van der Waals surface area contributed by atoms with Gasteiger partial charge in [-0.25, -0.2) is 9.78 Å².